The van der Waals surface area contributed by atoms with Gasteiger partial charge in [-0.1, -0.05) is 18.2 Å². The number of hydrazine groups is 1. The first-order valence-corrected chi connectivity index (χ1v) is 6.45. The minimum atomic E-state index is 0.158. The molecule has 0 spiro atoms. The zero-order chi connectivity index (χ0) is 13.1. The number of para-hydroxylation sites is 1. The Bertz CT molecular complexity index is 544. The summed E-state index contributed by atoms with van der Waals surface area (Å²) in [4.78, 5) is 4.04. The summed E-state index contributed by atoms with van der Waals surface area (Å²) < 4.78 is 5.72. The molecule has 0 saturated carbocycles. The number of hydrogen-bond acceptors (Lipinski definition) is 4. The Hall–Kier alpha value is -1.91. The highest BCUT2D eigenvalue weighted by Gasteiger charge is 2.30. The van der Waals surface area contributed by atoms with E-state index in [1.807, 2.05) is 42.7 Å². The van der Waals surface area contributed by atoms with Crippen molar-refractivity contribution in [3.05, 3.63) is 59.9 Å². The van der Waals surface area contributed by atoms with Crippen molar-refractivity contribution in [3.63, 3.8) is 0 Å². The molecule has 4 nitrogen and oxygen atoms in total. The second kappa shape index (κ2) is 5.38. The van der Waals surface area contributed by atoms with Gasteiger partial charge in [0.15, 0.2) is 0 Å². The molecule has 0 amide bonds. The lowest BCUT2D eigenvalue weighted by Crippen LogP contribution is -2.42. The molecule has 2 heterocycles. The third-order valence-corrected chi connectivity index (χ3v) is 3.64. The maximum Gasteiger partial charge on any atom is 0.122 e. The lowest BCUT2D eigenvalue weighted by Gasteiger charge is -2.22. The van der Waals surface area contributed by atoms with Gasteiger partial charge in [0.2, 0.25) is 0 Å². The Balaban J connectivity index is 1.81. The molecule has 0 bridgehead atoms. The molecule has 2 atom stereocenters. The fourth-order valence-electron chi connectivity index (χ4n) is 2.61. The zero-order valence-electron chi connectivity index (χ0n) is 10.6. The number of benzene rings is 1. The second-order valence-corrected chi connectivity index (χ2v) is 4.79. The van der Waals surface area contributed by atoms with Gasteiger partial charge in [-0.05, 0) is 30.2 Å². The molecule has 2 unspecified atom stereocenters. The number of nitrogens with two attached hydrogens (primary N) is 1. The second-order valence-electron chi connectivity index (χ2n) is 4.79. The molecule has 0 radical (unpaired) electrons. The van der Waals surface area contributed by atoms with Crippen LogP contribution in [0.25, 0.3) is 0 Å². The predicted octanol–water partition coefficient (Wildman–Crippen LogP) is 1.63. The van der Waals surface area contributed by atoms with Gasteiger partial charge in [0.1, 0.15) is 5.75 Å². The number of rotatable bonds is 4. The monoisotopic (exact) mass is 255 g/mol. The van der Waals surface area contributed by atoms with E-state index < -0.39 is 0 Å². The Morgan fingerprint density at radius 3 is 2.84 bits per heavy atom. The van der Waals surface area contributed by atoms with Crippen LogP contribution >= 0.6 is 0 Å². The van der Waals surface area contributed by atoms with Crippen LogP contribution in [0.4, 0.5) is 0 Å². The lowest BCUT2D eigenvalue weighted by atomic mass is 9.90. The summed E-state index contributed by atoms with van der Waals surface area (Å²) in [7, 11) is 0. The van der Waals surface area contributed by atoms with Crippen LogP contribution < -0.4 is 16.0 Å². The van der Waals surface area contributed by atoms with Crippen molar-refractivity contribution in [2.45, 2.75) is 18.4 Å². The smallest absolute Gasteiger partial charge is 0.122 e. The van der Waals surface area contributed by atoms with Gasteiger partial charge in [-0.2, -0.15) is 0 Å². The zero-order valence-corrected chi connectivity index (χ0v) is 10.6. The van der Waals surface area contributed by atoms with E-state index in [2.05, 4.69) is 16.5 Å². The molecule has 0 saturated heterocycles. The first-order valence-electron chi connectivity index (χ1n) is 6.45. The number of pyridine rings is 1. The molecule has 3 N–H and O–H groups in total. The highest BCUT2D eigenvalue weighted by molar-refractivity contribution is 5.40. The molecule has 1 aliphatic rings. The molecule has 2 aromatic rings. The lowest BCUT2D eigenvalue weighted by molar-refractivity contribution is 0.297. The number of nitrogens with zero attached hydrogens (tertiary/aromatic N) is 1. The first kappa shape index (κ1) is 12.1. The van der Waals surface area contributed by atoms with Crippen molar-refractivity contribution < 1.29 is 4.74 Å². The van der Waals surface area contributed by atoms with Gasteiger partial charge in [0.05, 0.1) is 6.61 Å². The molecule has 1 aromatic heterocycles. The van der Waals surface area contributed by atoms with Crippen molar-refractivity contribution >= 4 is 0 Å². The number of nitrogens with one attached hydrogen (secondary N) is 1. The average molecular weight is 255 g/mol. The molecular formula is C15H17N3O. The van der Waals surface area contributed by atoms with Crippen LogP contribution in [0.3, 0.4) is 0 Å². The van der Waals surface area contributed by atoms with Crippen LogP contribution in [0.5, 0.6) is 5.75 Å². The van der Waals surface area contributed by atoms with E-state index >= 15 is 0 Å². The largest absolute Gasteiger partial charge is 0.493 e. The Morgan fingerprint density at radius 2 is 2.05 bits per heavy atom. The third-order valence-electron chi connectivity index (χ3n) is 3.64. The van der Waals surface area contributed by atoms with Gasteiger partial charge >= 0.3 is 0 Å². The fraction of sp³-hybridized carbons (Fsp3) is 0.267. The summed E-state index contributed by atoms with van der Waals surface area (Å²) in [5.74, 6) is 7.00. The molecular weight excluding hydrogens is 238 g/mol. The maximum atomic E-state index is 5.74. The van der Waals surface area contributed by atoms with Crippen LogP contribution in [-0.2, 0) is 6.42 Å². The van der Waals surface area contributed by atoms with E-state index in [0.717, 1.165) is 12.2 Å². The standard InChI is InChI=1S/C15H17N3O/c16-18-14(9-11-5-7-17-8-6-11)13-10-19-15-4-2-1-3-12(13)15/h1-8,13-14,18H,9-10,16H2. The molecule has 1 aromatic carbocycles. The summed E-state index contributed by atoms with van der Waals surface area (Å²) in [6, 6.07) is 12.4. The molecule has 4 heteroatoms. The summed E-state index contributed by atoms with van der Waals surface area (Å²) >= 11 is 0. The highest BCUT2D eigenvalue weighted by atomic mass is 16.5. The quantitative estimate of drug-likeness (QED) is 0.644. The number of fused-ring (bicyclic) bond motifs is 1. The average Bonchev–Trinajstić information content (AvgIpc) is 2.90. The molecule has 1 aliphatic heterocycles. The van der Waals surface area contributed by atoms with Crippen molar-refractivity contribution in [2.24, 2.45) is 5.84 Å². The van der Waals surface area contributed by atoms with Gasteiger partial charge in [-0.3, -0.25) is 16.3 Å². The normalized spacial score (nSPS) is 18.7. The van der Waals surface area contributed by atoms with Crippen molar-refractivity contribution in [2.75, 3.05) is 6.61 Å². The number of ether oxygens (including phenoxy) is 1. The molecule has 98 valence electrons. The van der Waals surface area contributed by atoms with Crippen molar-refractivity contribution in [1.29, 1.82) is 0 Å². The Morgan fingerprint density at radius 1 is 1.26 bits per heavy atom. The molecule has 0 fully saturated rings. The van der Waals surface area contributed by atoms with Gasteiger partial charge < -0.3 is 4.74 Å². The van der Waals surface area contributed by atoms with E-state index in [-0.39, 0.29) is 12.0 Å². The van der Waals surface area contributed by atoms with Crippen LogP contribution in [0.1, 0.15) is 17.0 Å². The van der Waals surface area contributed by atoms with E-state index in [1.165, 1.54) is 11.1 Å². The number of hydrogen-bond donors (Lipinski definition) is 2. The minimum Gasteiger partial charge on any atom is -0.493 e. The summed E-state index contributed by atoms with van der Waals surface area (Å²) in [5.41, 5.74) is 5.39. The van der Waals surface area contributed by atoms with Crippen molar-refractivity contribution in [1.82, 2.24) is 10.4 Å². The van der Waals surface area contributed by atoms with E-state index in [9.17, 15) is 0 Å². The van der Waals surface area contributed by atoms with Crippen LogP contribution in [0.15, 0.2) is 48.8 Å². The van der Waals surface area contributed by atoms with Gasteiger partial charge in [-0.15, -0.1) is 0 Å². The summed E-state index contributed by atoms with van der Waals surface area (Å²) in [6.45, 7) is 0.680. The molecule has 0 aliphatic carbocycles. The van der Waals surface area contributed by atoms with Crippen molar-refractivity contribution in [3.8, 4) is 5.75 Å². The molecule has 3 rings (SSSR count). The maximum absolute atomic E-state index is 5.74. The van der Waals surface area contributed by atoms with Gasteiger partial charge in [-0.25, -0.2) is 0 Å². The van der Waals surface area contributed by atoms with E-state index in [1.54, 1.807) is 0 Å². The topological polar surface area (TPSA) is 60.2 Å². The Labute approximate surface area is 112 Å². The third kappa shape index (κ3) is 2.45. The van der Waals surface area contributed by atoms with Crippen LogP contribution in [0, 0.1) is 0 Å². The van der Waals surface area contributed by atoms with Gasteiger partial charge in [0, 0.05) is 29.9 Å². The number of aromatic nitrogens is 1. The van der Waals surface area contributed by atoms with E-state index in [4.69, 9.17) is 10.6 Å². The summed E-state index contributed by atoms with van der Waals surface area (Å²) in [5, 5.41) is 0. The van der Waals surface area contributed by atoms with Crippen LogP contribution in [-0.4, -0.2) is 17.6 Å². The van der Waals surface area contributed by atoms with Gasteiger partial charge in [0.25, 0.3) is 0 Å². The highest BCUT2D eigenvalue weighted by Crippen LogP contribution is 2.36. The fourth-order valence-corrected chi connectivity index (χ4v) is 2.61. The minimum absolute atomic E-state index is 0.158. The Kier molecular flexibility index (Phi) is 3.44. The summed E-state index contributed by atoms with van der Waals surface area (Å²) in [6.07, 6.45) is 4.48. The van der Waals surface area contributed by atoms with E-state index in [0.29, 0.717) is 6.61 Å². The SMILES string of the molecule is NNC(Cc1ccncc1)C1COc2ccccc21. The first-order chi connectivity index (χ1) is 9.38. The predicted molar refractivity (Wildman–Crippen MR) is 73.7 cm³/mol. The molecule has 19 heavy (non-hydrogen) atoms. The van der Waals surface area contributed by atoms with Crippen LogP contribution in [0.2, 0.25) is 0 Å².